The zero-order valence-corrected chi connectivity index (χ0v) is 11.9. The monoisotopic (exact) mass is 331 g/mol. The summed E-state index contributed by atoms with van der Waals surface area (Å²) in [5.41, 5.74) is 2.72. The lowest BCUT2D eigenvalue weighted by Crippen LogP contribution is -1.93. The molecule has 0 radical (unpaired) electrons. The molecule has 0 spiro atoms. The Morgan fingerprint density at radius 2 is 1.85 bits per heavy atom. The van der Waals surface area contributed by atoms with Crippen molar-refractivity contribution in [3.05, 3.63) is 40.9 Å². The van der Waals surface area contributed by atoms with E-state index in [1.165, 1.54) is 0 Å². The minimum absolute atomic E-state index is 0.270. The summed E-state index contributed by atoms with van der Waals surface area (Å²) in [6.45, 7) is 0.270. The highest BCUT2D eigenvalue weighted by Gasteiger charge is 2.16. The van der Waals surface area contributed by atoms with Gasteiger partial charge in [0.1, 0.15) is 0 Å². The highest BCUT2D eigenvalue weighted by molar-refractivity contribution is 9.10. The summed E-state index contributed by atoms with van der Waals surface area (Å²) in [5.74, 6) is 2.17. The summed E-state index contributed by atoms with van der Waals surface area (Å²) >= 11 is 3.41. The van der Waals surface area contributed by atoms with E-state index in [4.69, 9.17) is 9.47 Å². The van der Waals surface area contributed by atoms with Crippen LogP contribution in [0.25, 0.3) is 11.0 Å². The van der Waals surface area contributed by atoms with E-state index in [-0.39, 0.29) is 6.79 Å². The molecule has 0 aliphatic carbocycles. The van der Waals surface area contributed by atoms with Gasteiger partial charge in [-0.3, -0.25) is 0 Å². The van der Waals surface area contributed by atoms with Crippen LogP contribution >= 0.6 is 15.9 Å². The molecule has 0 atom stereocenters. The van der Waals surface area contributed by atoms with Gasteiger partial charge in [0.15, 0.2) is 11.5 Å². The quantitative estimate of drug-likeness (QED) is 0.749. The summed E-state index contributed by atoms with van der Waals surface area (Å²) in [6.07, 6.45) is 0. The Kier molecular flexibility index (Phi) is 2.56. The number of halogens is 1. The largest absolute Gasteiger partial charge is 0.454 e. The molecule has 0 unspecified atom stereocenters. The van der Waals surface area contributed by atoms with Crippen molar-refractivity contribution >= 4 is 38.6 Å². The molecule has 100 valence electrons. The molecule has 0 amide bonds. The van der Waals surface area contributed by atoms with Gasteiger partial charge in [-0.25, -0.2) is 4.98 Å². The molecule has 3 aromatic rings. The average molecular weight is 332 g/mol. The summed E-state index contributed by atoms with van der Waals surface area (Å²) in [7, 11) is 0. The number of rotatable bonds is 2. The molecule has 0 saturated carbocycles. The number of aromatic nitrogens is 2. The highest BCUT2D eigenvalue weighted by Crippen LogP contribution is 2.35. The molecular formula is C14H10BrN3O2. The first-order chi connectivity index (χ1) is 9.78. The smallest absolute Gasteiger partial charge is 0.231 e. The normalized spacial score (nSPS) is 12.8. The second kappa shape index (κ2) is 4.42. The molecule has 1 aliphatic rings. The van der Waals surface area contributed by atoms with E-state index >= 15 is 0 Å². The van der Waals surface area contributed by atoms with Crippen molar-refractivity contribution in [2.24, 2.45) is 0 Å². The summed E-state index contributed by atoms with van der Waals surface area (Å²) < 4.78 is 11.7. The first kappa shape index (κ1) is 11.6. The van der Waals surface area contributed by atoms with Gasteiger partial charge in [-0.2, -0.15) is 0 Å². The van der Waals surface area contributed by atoms with Crippen LogP contribution in [0.1, 0.15) is 0 Å². The number of aromatic amines is 1. The fourth-order valence-corrected chi connectivity index (χ4v) is 2.39. The topological polar surface area (TPSA) is 59.2 Å². The predicted molar refractivity (Wildman–Crippen MR) is 79.6 cm³/mol. The van der Waals surface area contributed by atoms with Gasteiger partial charge in [0.2, 0.25) is 12.7 Å². The number of nitrogens with zero attached hydrogens (tertiary/aromatic N) is 1. The Morgan fingerprint density at radius 3 is 2.65 bits per heavy atom. The first-order valence-electron chi connectivity index (χ1n) is 6.10. The van der Waals surface area contributed by atoms with Crippen molar-refractivity contribution in [1.82, 2.24) is 9.97 Å². The van der Waals surface area contributed by atoms with Gasteiger partial charge in [0.25, 0.3) is 0 Å². The molecule has 6 heteroatoms. The number of hydrogen-bond donors (Lipinski definition) is 2. The Morgan fingerprint density at radius 1 is 1.10 bits per heavy atom. The SMILES string of the molecule is Brc1ccc(Nc2nc3cc4c(cc3[nH]2)OCO4)cc1. The van der Waals surface area contributed by atoms with Crippen LogP contribution in [0.5, 0.6) is 11.5 Å². The van der Waals surface area contributed by atoms with Gasteiger partial charge in [-0.05, 0) is 24.3 Å². The van der Waals surface area contributed by atoms with Crippen molar-refractivity contribution in [1.29, 1.82) is 0 Å². The predicted octanol–water partition coefficient (Wildman–Crippen LogP) is 3.80. The van der Waals surface area contributed by atoms with E-state index < -0.39 is 0 Å². The third kappa shape index (κ3) is 1.98. The minimum atomic E-state index is 0.270. The third-order valence-electron chi connectivity index (χ3n) is 3.08. The maximum absolute atomic E-state index is 5.35. The maximum Gasteiger partial charge on any atom is 0.231 e. The lowest BCUT2D eigenvalue weighted by atomic mass is 10.3. The number of hydrogen-bond acceptors (Lipinski definition) is 4. The standard InChI is InChI=1S/C14H10BrN3O2/c15-8-1-3-9(4-2-8)16-14-17-10-5-12-13(20-7-19-12)6-11(10)18-14/h1-6H,7H2,(H2,16,17,18). The van der Waals surface area contributed by atoms with E-state index in [0.717, 1.165) is 32.7 Å². The molecule has 2 aromatic carbocycles. The molecule has 20 heavy (non-hydrogen) atoms. The van der Waals surface area contributed by atoms with Crippen LogP contribution in [0, 0.1) is 0 Å². The van der Waals surface area contributed by atoms with E-state index in [0.29, 0.717) is 5.95 Å². The van der Waals surface area contributed by atoms with E-state index in [1.807, 2.05) is 36.4 Å². The summed E-state index contributed by atoms with van der Waals surface area (Å²) in [5, 5.41) is 3.23. The van der Waals surface area contributed by atoms with Gasteiger partial charge in [-0.15, -0.1) is 0 Å². The molecule has 2 heterocycles. The number of fused-ring (bicyclic) bond motifs is 2. The second-order valence-electron chi connectivity index (χ2n) is 4.44. The van der Waals surface area contributed by atoms with E-state index in [9.17, 15) is 0 Å². The lowest BCUT2D eigenvalue weighted by Gasteiger charge is -2.01. The van der Waals surface area contributed by atoms with Crippen LogP contribution in [-0.4, -0.2) is 16.8 Å². The summed E-state index contributed by atoms with van der Waals surface area (Å²) in [6, 6.07) is 11.7. The van der Waals surface area contributed by atoms with Crippen LogP contribution in [0.2, 0.25) is 0 Å². The molecule has 0 fully saturated rings. The first-order valence-corrected chi connectivity index (χ1v) is 6.89. The van der Waals surface area contributed by atoms with Crippen LogP contribution in [-0.2, 0) is 0 Å². The average Bonchev–Trinajstić information content (AvgIpc) is 3.03. The molecule has 0 bridgehead atoms. The number of H-pyrrole nitrogens is 1. The number of imidazole rings is 1. The van der Waals surface area contributed by atoms with Gasteiger partial charge in [0.05, 0.1) is 11.0 Å². The van der Waals surface area contributed by atoms with Crippen LogP contribution in [0.4, 0.5) is 11.6 Å². The molecule has 1 aliphatic heterocycles. The Bertz CT molecular complexity index is 742. The zero-order valence-electron chi connectivity index (χ0n) is 10.3. The van der Waals surface area contributed by atoms with Gasteiger partial charge < -0.3 is 19.8 Å². The summed E-state index contributed by atoms with van der Waals surface area (Å²) in [4.78, 5) is 7.71. The maximum atomic E-state index is 5.35. The van der Waals surface area contributed by atoms with Crippen molar-refractivity contribution in [3.8, 4) is 11.5 Å². The highest BCUT2D eigenvalue weighted by atomic mass is 79.9. The Labute approximate surface area is 123 Å². The van der Waals surface area contributed by atoms with Gasteiger partial charge >= 0.3 is 0 Å². The zero-order chi connectivity index (χ0) is 13.5. The molecule has 4 rings (SSSR count). The number of anilines is 2. The Hall–Kier alpha value is -2.21. The number of nitrogens with one attached hydrogen (secondary N) is 2. The molecule has 2 N–H and O–H groups in total. The van der Waals surface area contributed by atoms with Crippen LogP contribution in [0.3, 0.4) is 0 Å². The number of benzene rings is 2. The fourth-order valence-electron chi connectivity index (χ4n) is 2.13. The molecular weight excluding hydrogens is 322 g/mol. The van der Waals surface area contributed by atoms with Crippen molar-refractivity contribution in [3.63, 3.8) is 0 Å². The number of ether oxygens (including phenoxy) is 2. The van der Waals surface area contributed by atoms with E-state index in [1.54, 1.807) is 0 Å². The van der Waals surface area contributed by atoms with Crippen LogP contribution < -0.4 is 14.8 Å². The van der Waals surface area contributed by atoms with Gasteiger partial charge in [0, 0.05) is 22.3 Å². The van der Waals surface area contributed by atoms with E-state index in [2.05, 4.69) is 31.2 Å². The van der Waals surface area contributed by atoms with Crippen LogP contribution in [0.15, 0.2) is 40.9 Å². The fraction of sp³-hybridized carbons (Fsp3) is 0.0714. The minimum Gasteiger partial charge on any atom is -0.454 e. The van der Waals surface area contributed by atoms with Crippen molar-refractivity contribution in [2.75, 3.05) is 12.1 Å². The molecule has 1 aromatic heterocycles. The van der Waals surface area contributed by atoms with Crippen molar-refractivity contribution < 1.29 is 9.47 Å². The Balaban J connectivity index is 1.69. The lowest BCUT2D eigenvalue weighted by molar-refractivity contribution is 0.174. The third-order valence-corrected chi connectivity index (χ3v) is 3.61. The van der Waals surface area contributed by atoms with Crippen molar-refractivity contribution in [2.45, 2.75) is 0 Å². The second-order valence-corrected chi connectivity index (χ2v) is 5.36. The van der Waals surface area contributed by atoms with Gasteiger partial charge in [-0.1, -0.05) is 15.9 Å². The molecule has 0 saturated heterocycles. The molecule has 5 nitrogen and oxygen atoms in total.